The molecule has 2 aromatic carbocycles. The maximum atomic E-state index is 5.92. The Balaban J connectivity index is 1.48. The van der Waals surface area contributed by atoms with E-state index < -0.39 is 0 Å². The number of hydrazone groups is 1. The van der Waals surface area contributed by atoms with Gasteiger partial charge in [0, 0.05) is 37.7 Å². The molecular weight excluding hydrogens is 294 g/mol. The minimum atomic E-state index is 0.795. The zero-order valence-corrected chi connectivity index (χ0v) is 13.3. The predicted molar refractivity (Wildman–Crippen MR) is 92.3 cm³/mol. The molecule has 0 bridgehead atoms. The first kappa shape index (κ1) is 15.1. The van der Waals surface area contributed by atoms with E-state index in [4.69, 9.17) is 11.6 Å². The molecule has 0 radical (unpaired) electrons. The van der Waals surface area contributed by atoms with Crippen molar-refractivity contribution in [3.63, 3.8) is 0 Å². The van der Waals surface area contributed by atoms with E-state index in [2.05, 4.69) is 39.3 Å². The van der Waals surface area contributed by atoms with Crippen LogP contribution in [0.25, 0.3) is 0 Å². The van der Waals surface area contributed by atoms with Crippen molar-refractivity contribution in [3.05, 3.63) is 70.7 Å². The number of rotatable bonds is 4. The lowest BCUT2D eigenvalue weighted by Crippen LogP contribution is -2.43. The lowest BCUT2D eigenvalue weighted by molar-refractivity contribution is 0.131. The summed E-state index contributed by atoms with van der Waals surface area (Å²) in [6.07, 6.45) is 1.94. The summed E-state index contributed by atoms with van der Waals surface area (Å²) in [6.45, 7) is 4.99. The zero-order chi connectivity index (χ0) is 15.2. The van der Waals surface area contributed by atoms with Crippen LogP contribution < -0.4 is 0 Å². The molecule has 1 aliphatic rings. The number of piperazine rings is 1. The Labute approximate surface area is 136 Å². The van der Waals surface area contributed by atoms with E-state index in [-0.39, 0.29) is 0 Å². The van der Waals surface area contributed by atoms with Gasteiger partial charge in [-0.2, -0.15) is 5.10 Å². The van der Waals surface area contributed by atoms with Gasteiger partial charge >= 0.3 is 0 Å². The second kappa shape index (κ2) is 7.43. The zero-order valence-electron chi connectivity index (χ0n) is 12.5. The van der Waals surface area contributed by atoms with Gasteiger partial charge in [0.1, 0.15) is 0 Å². The normalized spacial score (nSPS) is 16.3. The van der Waals surface area contributed by atoms with Gasteiger partial charge in [-0.25, -0.2) is 0 Å². The number of hydrogen-bond donors (Lipinski definition) is 0. The standard InChI is InChI=1S/C18H20ClN3/c19-18-8-6-17(7-9-18)15-21-10-12-22(13-11-21)20-14-16-4-2-1-3-5-16/h1-9,14H,10-13,15H2/b20-14-. The van der Waals surface area contributed by atoms with Gasteiger partial charge in [0.2, 0.25) is 0 Å². The number of benzene rings is 2. The fraction of sp³-hybridized carbons (Fsp3) is 0.278. The third-order valence-corrected chi connectivity index (χ3v) is 4.09. The summed E-state index contributed by atoms with van der Waals surface area (Å²) in [5.74, 6) is 0. The molecule has 0 atom stereocenters. The van der Waals surface area contributed by atoms with Crippen molar-refractivity contribution in [2.45, 2.75) is 6.54 Å². The summed E-state index contributed by atoms with van der Waals surface area (Å²) in [5.41, 5.74) is 2.46. The second-order valence-electron chi connectivity index (χ2n) is 5.51. The molecule has 1 heterocycles. The van der Waals surface area contributed by atoms with Crippen LogP contribution in [0.4, 0.5) is 0 Å². The first-order valence-corrected chi connectivity index (χ1v) is 7.98. The van der Waals surface area contributed by atoms with Gasteiger partial charge in [0.25, 0.3) is 0 Å². The summed E-state index contributed by atoms with van der Waals surface area (Å²) in [6, 6.07) is 18.3. The van der Waals surface area contributed by atoms with Crippen molar-refractivity contribution >= 4 is 17.8 Å². The highest BCUT2D eigenvalue weighted by molar-refractivity contribution is 6.30. The molecule has 0 unspecified atom stereocenters. The monoisotopic (exact) mass is 313 g/mol. The summed E-state index contributed by atoms with van der Waals surface area (Å²) < 4.78 is 0. The van der Waals surface area contributed by atoms with Crippen LogP contribution in [0.5, 0.6) is 0 Å². The molecule has 0 aliphatic carbocycles. The van der Waals surface area contributed by atoms with Gasteiger partial charge in [-0.1, -0.05) is 54.1 Å². The molecule has 3 nitrogen and oxygen atoms in total. The highest BCUT2D eigenvalue weighted by Crippen LogP contribution is 2.13. The fourth-order valence-corrected chi connectivity index (χ4v) is 2.67. The number of hydrogen-bond acceptors (Lipinski definition) is 3. The molecule has 0 amide bonds. The summed E-state index contributed by atoms with van der Waals surface area (Å²) in [5, 5.41) is 7.51. The molecule has 0 saturated carbocycles. The van der Waals surface area contributed by atoms with E-state index in [1.165, 1.54) is 5.56 Å². The molecule has 0 N–H and O–H groups in total. The third-order valence-electron chi connectivity index (χ3n) is 3.84. The minimum absolute atomic E-state index is 0.795. The molecule has 4 heteroatoms. The van der Waals surface area contributed by atoms with Gasteiger partial charge < -0.3 is 0 Å². The largest absolute Gasteiger partial charge is 0.295 e. The Morgan fingerprint density at radius 2 is 1.59 bits per heavy atom. The Morgan fingerprint density at radius 1 is 0.909 bits per heavy atom. The lowest BCUT2D eigenvalue weighted by atomic mass is 10.2. The maximum absolute atomic E-state index is 5.92. The van der Waals surface area contributed by atoms with Crippen LogP contribution in [-0.2, 0) is 6.54 Å². The van der Waals surface area contributed by atoms with Crippen molar-refractivity contribution in [1.29, 1.82) is 0 Å². The smallest absolute Gasteiger partial charge is 0.0542 e. The van der Waals surface area contributed by atoms with E-state index in [0.29, 0.717) is 0 Å². The number of halogens is 1. The Kier molecular flexibility index (Phi) is 5.09. The Hall–Kier alpha value is -1.84. The Bertz CT molecular complexity index is 602. The molecule has 1 aliphatic heterocycles. The highest BCUT2D eigenvalue weighted by Gasteiger charge is 2.15. The molecule has 114 valence electrons. The van der Waals surface area contributed by atoms with Crippen LogP contribution in [-0.4, -0.2) is 42.3 Å². The average molecular weight is 314 g/mol. The van der Waals surface area contributed by atoms with Gasteiger partial charge in [-0.15, -0.1) is 0 Å². The van der Waals surface area contributed by atoms with Crippen molar-refractivity contribution in [1.82, 2.24) is 9.91 Å². The predicted octanol–water partition coefficient (Wildman–Crippen LogP) is 3.49. The molecule has 0 spiro atoms. The molecule has 0 aromatic heterocycles. The van der Waals surface area contributed by atoms with Gasteiger partial charge in [-0.3, -0.25) is 9.91 Å². The van der Waals surface area contributed by atoms with Crippen LogP contribution in [0.2, 0.25) is 5.02 Å². The third kappa shape index (κ3) is 4.33. The minimum Gasteiger partial charge on any atom is -0.295 e. The van der Waals surface area contributed by atoms with Gasteiger partial charge in [-0.05, 0) is 23.3 Å². The molecule has 1 saturated heterocycles. The van der Waals surface area contributed by atoms with Crippen LogP contribution in [0.1, 0.15) is 11.1 Å². The van der Waals surface area contributed by atoms with Crippen molar-refractivity contribution in [3.8, 4) is 0 Å². The average Bonchev–Trinajstić information content (AvgIpc) is 2.57. The van der Waals surface area contributed by atoms with E-state index >= 15 is 0 Å². The quantitative estimate of drug-likeness (QED) is 0.805. The lowest BCUT2D eigenvalue weighted by Gasteiger charge is -2.33. The van der Waals surface area contributed by atoms with Crippen LogP contribution in [0, 0.1) is 0 Å². The Morgan fingerprint density at radius 3 is 2.27 bits per heavy atom. The van der Waals surface area contributed by atoms with Crippen LogP contribution in [0.15, 0.2) is 59.7 Å². The van der Waals surface area contributed by atoms with Crippen LogP contribution in [0.3, 0.4) is 0 Å². The van der Waals surface area contributed by atoms with Crippen LogP contribution >= 0.6 is 11.6 Å². The fourth-order valence-electron chi connectivity index (χ4n) is 2.55. The topological polar surface area (TPSA) is 18.8 Å². The van der Waals surface area contributed by atoms with Gasteiger partial charge in [0.15, 0.2) is 0 Å². The van der Waals surface area contributed by atoms with E-state index in [0.717, 1.165) is 43.3 Å². The van der Waals surface area contributed by atoms with Crippen molar-refractivity contribution in [2.24, 2.45) is 5.10 Å². The summed E-state index contributed by atoms with van der Waals surface area (Å²) >= 11 is 5.92. The molecule has 2 aromatic rings. The van der Waals surface area contributed by atoms with E-state index in [9.17, 15) is 0 Å². The van der Waals surface area contributed by atoms with E-state index in [1.54, 1.807) is 0 Å². The summed E-state index contributed by atoms with van der Waals surface area (Å²) in [4.78, 5) is 2.46. The molecular formula is C18H20ClN3. The first-order valence-electron chi connectivity index (χ1n) is 7.60. The molecule has 1 fully saturated rings. The first-order chi connectivity index (χ1) is 10.8. The molecule has 22 heavy (non-hydrogen) atoms. The van der Waals surface area contributed by atoms with Gasteiger partial charge in [0.05, 0.1) is 6.21 Å². The SMILES string of the molecule is Clc1ccc(CN2CCN(/N=C\c3ccccc3)CC2)cc1. The number of nitrogens with zero attached hydrogens (tertiary/aromatic N) is 3. The van der Waals surface area contributed by atoms with Crippen molar-refractivity contribution < 1.29 is 0 Å². The summed E-state index contributed by atoms with van der Waals surface area (Å²) in [7, 11) is 0. The highest BCUT2D eigenvalue weighted by atomic mass is 35.5. The second-order valence-corrected chi connectivity index (χ2v) is 5.95. The van der Waals surface area contributed by atoms with E-state index in [1.807, 2.05) is 36.5 Å². The van der Waals surface area contributed by atoms with Crippen molar-refractivity contribution in [2.75, 3.05) is 26.2 Å². The maximum Gasteiger partial charge on any atom is 0.0542 e. The molecule has 3 rings (SSSR count).